The van der Waals surface area contributed by atoms with Crippen LogP contribution in [0.4, 0.5) is 4.79 Å². The first-order chi connectivity index (χ1) is 8.03. The van der Waals surface area contributed by atoms with Gasteiger partial charge in [0.25, 0.3) is 0 Å². The largest absolute Gasteiger partial charge is 0.445 e. The lowest BCUT2D eigenvalue weighted by atomic mass is 9.96. The molecule has 0 aromatic heterocycles. The number of nitrogens with zero attached hydrogens (tertiary/aromatic N) is 1. The SMILES string of the molecule is CC(C)(C#N)CNC(=O)OCc1ccccc1. The van der Waals surface area contributed by atoms with Crippen molar-refractivity contribution >= 4 is 6.09 Å². The Bertz CT molecular complexity index is 407. The van der Waals surface area contributed by atoms with Gasteiger partial charge >= 0.3 is 6.09 Å². The number of alkyl carbamates (subject to hydrolysis) is 1. The van der Waals surface area contributed by atoms with E-state index in [1.807, 2.05) is 30.3 Å². The summed E-state index contributed by atoms with van der Waals surface area (Å²) in [6.45, 7) is 4.02. The average molecular weight is 232 g/mol. The van der Waals surface area contributed by atoms with Gasteiger partial charge in [0.05, 0.1) is 11.5 Å². The molecular weight excluding hydrogens is 216 g/mol. The van der Waals surface area contributed by atoms with Crippen LogP contribution in [-0.2, 0) is 11.3 Å². The van der Waals surface area contributed by atoms with E-state index in [9.17, 15) is 4.79 Å². The Morgan fingerprint density at radius 2 is 2.06 bits per heavy atom. The van der Waals surface area contributed by atoms with Crippen LogP contribution in [0.15, 0.2) is 30.3 Å². The second kappa shape index (κ2) is 5.90. The summed E-state index contributed by atoms with van der Waals surface area (Å²) in [6.07, 6.45) is -0.503. The number of hydrogen-bond acceptors (Lipinski definition) is 3. The van der Waals surface area contributed by atoms with Gasteiger partial charge in [-0.25, -0.2) is 4.79 Å². The first kappa shape index (κ1) is 13.0. The van der Waals surface area contributed by atoms with Gasteiger partial charge in [-0.15, -0.1) is 0 Å². The monoisotopic (exact) mass is 232 g/mol. The summed E-state index contributed by atoms with van der Waals surface area (Å²) in [5.41, 5.74) is 0.355. The zero-order valence-corrected chi connectivity index (χ0v) is 10.1. The van der Waals surface area contributed by atoms with Gasteiger partial charge < -0.3 is 10.1 Å². The third-order valence-corrected chi connectivity index (χ3v) is 2.19. The number of rotatable bonds is 4. The molecule has 0 aliphatic heterocycles. The van der Waals surface area contributed by atoms with Crippen LogP contribution in [0.3, 0.4) is 0 Å². The maximum atomic E-state index is 11.3. The molecule has 1 aromatic carbocycles. The number of carbonyl (C=O) groups excluding carboxylic acids is 1. The van der Waals surface area contributed by atoms with Gasteiger partial charge in [-0.05, 0) is 19.4 Å². The predicted octanol–water partition coefficient (Wildman–Crippen LogP) is 2.46. The van der Waals surface area contributed by atoms with Crippen molar-refractivity contribution < 1.29 is 9.53 Å². The van der Waals surface area contributed by atoms with Crippen molar-refractivity contribution in [2.75, 3.05) is 6.54 Å². The zero-order valence-electron chi connectivity index (χ0n) is 10.1. The highest BCUT2D eigenvalue weighted by Crippen LogP contribution is 2.10. The maximum absolute atomic E-state index is 11.3. The van der Waals surface area contributed by atoms with Crippen LogP contribution in [0.5, 0.6) is 0 Å². The second-order valence-electron chi connectivity index (χ2n) is 4.41. The molecule has 1 rings (SSSR count). The summed E-state index contributed by atoms with van der Waals surface area (Å²) in [5, 5.41) is 11.3. The van der Waals surface area contributed by atoms with Gasteiger partial charge in [0.2, 0.25) is 0 Å². The number of benzene rings is 1. The Morgan fingerprint density at radius 3 is 2.65 bits per heavy atom. The highest BCUT2D eigenvalue weighted by molar-refractivity contribution is 5.67. The Labute approximate surface area is 101 Å². The number of nitriles is 1. The van der Waals surface area contributed by atoms with Crippen LogP contribution in [-0.4, -0.2) is 12.6 Å². The molecule has 1 amide bonds. The number of carbonyl (C=O) groups is 1. The van der Waals surface area contributed by atoms with Gasteiger partial charge in [0.1, 0.15) is 6.61 Å². The normalized spacial score (nSPS) is 10.4. The molecule has 0 radical (unpaired) electrons. The molecule has 1 aromatic rings. The number of nitrogens with one attached hydrogen (secondary N) is 1. The molecule has 0 bridgehead atoms. The topological polar surface area (TPSA) is 62.1 Å². The summed E-state index contributed by atoms with van der Waals surface area (Å²) in [7, 11) is 0. The fraction of sp³-hybridized carbons (Fsp3) is 0.385. The molecule has 0 aliphatic carbocycles. The fourth-order valence-electron chi connectivity index (χ4n) is 1.11. The first-order valence-electron chi connectivity index (χ1n) is 5.39. The van der Waals surface area contributed by atoms with Gasteiger partial charge in [-0.2, -0.15) is 5.26 Å². The summed E-state index contributed by atoms with van der Waals surface area (Å²) >= 11 is 0. The minimum absolute atomic E-state index is 0.236. The molecule has 4 heteroatoms. The lowest BCUT2D eigenvalue weighted by Gasteiger charge is -2.15. The van der Waals surface area contributed by atoms with Crippen molar-refractivity contribution in [1.82, 2.24) is 5.32 Å². The van der Waals surface area contributed by atoms with E-state index in [1.54, 1.807) is 13.8 Å². The van der Waals surface area contributed by atoms with E-state index in [4.69, 9.17) is 10.00 Å². The molecule has 0 atom stereocenters. The van der Waals surface area contributed by atoms with E-state index >= 15 is 0 Å². The Kier molecular flexibility index (Phi) is 4.53. The maximum Gasteiger partial charge on any atom is 0.407 e. The van der Waals surface area contributed by atoms with E-state index in [1.165, 1.54) is 0 Å². The summed E-state index contributed by atoms with van der Waals surface area (Å²) in [5.74, 6) is 0. The molecule has 0 aliphatic rings. The van der Waals surface area contributed by atoms with Crippen LogP contribution in [0, 0.1) is 16.7 Å². The van der Waals surface area contributed by atoms with Crippen molar-refractivity contribution in [1.29, 1.82) is 5.26 Å². The van der Waals surface area contributed by atoms with Crippen LogP contribution in [0.1, 0.15) is 19.4 Å². The minimum Gasteiger partial charge on any atom is -0.445 e. The van der Waals surface area contributed by atoms with Gasteiger partial charge in [-0.1, -0.05) is 30.3 Å². The highest BCUT2D eigenvalue weighted by Gasteiger charge is 2.17. The molecule has 0 unspecified atom stereocenters. The summed E-state index contributed by atoms with van der Waals surface area (Å²) < 4.78 is 5.01. The molecule has 4 nitrogen and oxygen atoms in total. The number of amides is 1. The third kappa shape index (κ3) is 5.03. The molecule has 0 saturated heterocycles. The number of hydrogen-bond donors (Lipinski definition) is 1. The van der Waals surface area contributed by atoms with E-state index in [-0.39, 0.29) is 13.2 Å². The van der Waals surface area contributed by atoms with Crippen LogP contribution in [0.25, 0.3) is 0 Å². The Balaban J connectivity index is 2.30. The third-order valence-electron chi connectivity index (χ3n) is 2.19. The molecule has 0 spiro atoms. The van der Waals surface area contributed by atoms with Gasteiger partial charge in [0, 0.05) is 6.54 Å². The van der Waals surface area contributed by atoms with E-state index < -0.39 is 11.5 Å². The lowest BCUT2D eigenvalue weighted by Crippen LogP contribution is -2.33. The molecule has 90 valence electrons. The fourth-order valence-corrected chi connectivity index (χ4v) is 1.11. The molecule has 0 saturated carbocycles. The van der Waals surface area contributed by atoms with E-state index in [0.29, 0.717) is 0 Å². The average Bonchev–Trinajstić information content (AvgIpc) is 2.35. The van der Waals surface area contributed by atoms with Gasteiger partial charge in [-0.3, -0.25) is 0 Å². The molecule has 1 N–H and O–H groups in total. The highest BCUT2D eigenvalue weighted by atomic mass is 16.5. The minimum atomic E-state index is -0.578. The lowest BCUT2D eigenvalue weighted by molar-refractivity contribution is 0.137. The zero-order chi connectivity index (χ0) is 12.7. The predicted molar refractivity (Wildman–Crippen MR) is 64.0 cm³/mol. The number of ether oxygens (including phenoxy) is 1. The molecule has 17 heavy (non-hydrogen) atoms. The van der Waals surface area contributed by atoms with Crippen LogP contribution < -0.4 is 5.32 Å². The quantitative estimate of drug-likeness (QED) is 0.867. The Morgan fingerprint density at radius 1 is 1.41 bits per heavy atom. The van der Waals surface area contributed by atoms with Crippen LogP contribution >= 0.6 is 0 Å². The molecule has 0 heterocycles. The summed E-state index contributed by atoms with van der Waals surface area (Å²) in [4.78, 5) is 11.3. The van der Waals surface area contributed by atoms with Crippen molar-refractivity contribution in [3.63, 3.8) is 0 Å². The summed E-state index contributed by atoms with van der Waals surface area (Å²) in [6, 6.07) is 11.5. The Hall–Kier alpha value is -2.02. The smallest absolute Gasteiger partial charge is 0.407 e. The molecular formula is C13H16N2O2. The van der Waals surface area contributed by atoms with Crippen molar-refractivity contribution in [3.05, 3.63) is 35.9 Å². The van der Waals surface area contributed by atoms with Crippen molar-refractivity contribution in [2.45, 2.75) is 20.5 Å². The van der Waals surface area contributed by atoms with Gasteiger partial charge in [0.15, 0.2) is 0 Å². The van der Waals surface area contributed by atoms with E-state index in [0.717, 1.165) is 5.56 Å². The van der Waals surface area contributed by atoms with E-state index in [2.05, 4.69) is 11.4 Å². The van der Waals surface area contributed by atoms with Crippen molar-refractivity contribution in [2.24, 2.45) is 5.41 Å². The van der Waals surface area contributed by atoms with Crippen molar-refractivity contribution in [3.8, 4) is 6.07 Å². The first-order valence-corrected chi connectivity index (χ1v) is 5.39. The van der Waals surface area contributed by atoms with Crippen LogP contribution in [0.2, 0.25) is 0 Å². The molecule has 0 fully saturated rings. The second-order valence-corrected chi connectivity index (χ2v) is 4.41. The standard InChI is InChI=1S/C13H16N2O2/c1-13(2,9-14)10-15-12(16)17-8-11-6-4-3-5-7-11/h3-7H,8,10H2,1-2H3,(H,15,16).